The standard InChI is InChI=1S/C9H20N2/c1-3-10-5-7-11-6-4-9(2)8-11/h9-10H,3-8H2,1-2H3. The molecule has 11 heavy (non-hydrogen) atoms. The molecule has 2 heteroatoms. The van der Waals surface area contributed by atoms with E-state index in [1.54, 1.807) is 0 Å². The minimum absolute atomic E-state index is 0.927. The van der Waals surface area contributed by atoms with Crippen molar-refractivity contribution in [2.45, 2.75) is 20.3 Å². The van der Waals surface area contributed by atoms with Gasteiger partial charge in [0, 0.05) is 19.6 Å². The van der Waals surface area contributed by atoms with E-state index >= 15 is 0 Å². The van der Waals surface area contributed by atoms with E-state index in [-0.39, 0.29) is 0 Å². The second-order valence-electron chi connectivity index (χ2n) is 3.55. The minimum Gasteiger partial charge on any atom is -0.316 e. The van der Waals surface area contributed by atoms with Crippen LogP contribution in [-0.4, -0.2) is 37.6 Å². The van der Waals surface area contributed by atoms with Crippen molar-refractivity contribution in [1.29, 1.82) is 0 Å². The van der Waals surface area contributed by atoms with Gasteiger partial charge in [-0.25, -0.2) is 0 Å². The van der Waals surface area contributed by atoms with Gasteiger partial charge in [0.1, 0.15) is 0 Å². The summed E-state index contributed by atoms with van der Waals surface area (Å²) in [6.45, 7) is 10.6. The molecule has 1 rings (SSSR count). The molecule has 0 aromatic rings. The van der Waals surface area contributed by atoms with Crippen LogP contribution in [0.15, 0.2) is 0 Å². The van der Waals surface area contributed by atoms with Crippen molar-refractivity contribution < 1.29 is 0 Å². The third-order valence-electron chi connectivity index (χ3n) is 2.36. The molecule has 0 amide bonds. The van der Waals surface area contributed by atoms with Crippen molar-refractivity contribution in [3.05, 3.63) is 0 Å². The Morgan fingerprint density at radius 3 is 2.91 bits per heavy atom. The van der Waals surface area contributed by atoms with E-state index in [4.69, 9.17) is 0 Å². The molecule has 1 unspecified atom stereocenters. The Labute approximate surface area is 70.0 Å². The third kappa shape index (κ3) is 3.21. The Morgan fingerprint density at radius 2 is 2.36 bits per heavy atom. The summed E-state index contributed by atoms with van der Waals surface area (Å²) in [5.41, 5.74) is 0. The van der Waals surface area contributed by atoms with Crippen LogP contribution in [0.4, 0.5) is 0 Å². The van der Waals surface area contributed by atoms with Gasteiger partial charge < -0.3 is 10.2 Å². The highest BCUT2D eigenvalue weighted by Crippen LogP contribution is 2.13. The first kappa shape index (κ1) is 9.01. The zero-order valence-electron chi connectivity index (χ0n) is 7.77. The first-order chi connectivity index (χ1) is 5.33. The van der Waals surface area contributed by atoms with Gasteiger partial charge in [0.2, 0.25) is 0 Å². The summed E-state index contributed by atoms with van der Waals surface area (Å²) >= 11 is 0. The molecule has 1 atom stereocenters. The summed E-state index contributed by atoms with van der Waals surface area (Å²) in [4.78, 5) is 2.55. The average molecular weight is 156 g/mol. The van der Waals surface area contributed by atoms with Crippen molar-refractivity contribution in [3.8, 4) is 0 Å². The number of nitrogens with one attached hydrogen (secondary N) is 1. The highest BCUT2D eigenvalue weighted by atomic mass is 15.2. The number of rotatable bonds is 4. The van der Waals surface area contributed by atoms with Gasteiger partial charge in [0.15, 0.2) is 0 Å². The number of nitrogens with zero attached hydrogens (tertiary/aromatic N) is 1. The van der Waals surface area contributed by atoms with E-state index in [2.05, 4.69) is 24.1 Å². The van der Waals surface area contributed by atoms with Crippen LogP contribution in [0.25, 0.3) is 0 Å². The second kappa shape index (κ2) is 4.73. The molecule has 66 valence electrons. The van der Waals surface area contributed by atoms with Crippen molar-refractivity contribution in [2.24, 2.45) is 5.92 Å². The molecule has 0 bridgehead atoms. The van der Waals surface area contributed by atoms with Gasteiger partial charge in [0.25, 0.3) is 0 Å². The number of hydrogen-bond acceptors (Lipinski definition) is 2. The molecular weight excluding hydrogens is 136 g/mol. The van der Waals surface area contributed by atoms with E-state index in [0.29, 0.717) is 0 Å². The molecule has 0 aromatic heterocycles. The van der Waals surface area contributed by atoms with Crippen LogP contribution < -0.4 is 5.32 Å². The number of likely N-dealkylation sites (N-methyl/N-ethyl adjacent to an activating group) is 1. The van der Waals surface area contributed by atoms with Gasteiger partial charge in [-0.1, -0.05) is 13.8 Å². The Morgan fingerprint density at radius 1 is 1.55 bits per heavy atom. The first-order valence-corrected chi connectivity index (χ1v) is 4.76. The largest absolute Gasteiger partial charge is 0.316 e. The lowest BCUT2D eigenvalue weighted by Gasteiger charge is -2.14. The lowest BCUT2D eigenvalue weighted by Crippen LogP contribution is -2.30. The van der Waals surface area contributed by atoms with Crippen LogP contribution in [0.1, 0.15) is 20.3 Å². The minimum atomic E-state index is 0.927. The van der Waals surface area contributed by atoms with Gasteiger partial charge in [-0.15, -0.1) is 0 Å². The molecule has 1 saturated heterocycles. The quantitative estimate of drug-likeness (QED) is 0.609. The van der Waals surface area contributed by atoms with Crippen molar-refractivity contribution in [1.82, 2.24) is 10.2 Å². The van der Waals surface area contributed by atoms with E-state index in [1.807, 2.05) is 0 Å². The van der Waals surface area contributed by atoms with Gasteiger partial charge in [-0.3, -0.25) is 0 Å². The maximum absolute atomic E-state index is 3.35. The van der Waals surface area contributed by atoms with Crippen LogP contribution >= 0.6 is 0 Å². The van der Waals surface area contributed by atoms with E-state index < -0.39 is 0 Å². The topological polar surface area (TPSA) is 15.3 Å². The maximum atomic E-state index is 3.35. The Hall–Kier alpha value is -0.0800. The monoisotopic (exact) mass is 156 g/mol. The van der Waals surface area contributed by atoms with Crippen molar-refractivity contribution in [3.63, 3.8) is 0 Å². The van der Waals surface area contributed by atoms with E-state index in [0.717, 1.165) is 19.0 Å². The summed E-state index contributed by atoms with van der Waals surface area (Å²) in [7, 11) is 0. The lowest BCUT2D eigenvalue weighted by molar-refractivity contribution is 0.327. The van der Waals surface area contributed by atoms with E-state index in [1.165, 1.54) is 26.1 Å². The molecule has 0 aromatic carbocycles. The van der Waals surface area contributed by atoms with Crippen LogP contribution in [0, 0.1) is 5.92 Å². The van der Waals surface area contributed by atoms with Crippen LogP contribution in [0.5, 0.6) is 0 Å². The summed E-state index contributed by atoms with van der Waals surface area (Å²) in [5, 5.41) is 3.35. The van der Waals surface area contributed by atoms with Crippen molar-refractivity contribution in [2.75, 3.05) is 32.7 Å². The van der Waals surface area contributed by atoms with Crippen LogP contribution in [0.3, 0.4) is 0 Å². The lowest BCUT2D eigenvalue weighted by atomic mass is 10.2. The summed E-state index contributed by atoms with van der Waals surface area (Å²) in [6.07, 6.45) is 1.39. The van der Waals surface area contributed by atoms with Gasteiger partial charge >= 0.3 is 0 Å². The summed E-state index contributed by atoms with van der Waals surface area (Å²) in [6, 6.07) is 0. The van der Waals surface area contributed by atoms with Gasteiger partial charge in [0.05, 0.1) is 0 Å². The fourth-order valence-electron chi connectivity index (χ4n) is 1.64. The Bertz CT molecular complexity index is 104. The predicted molar refractivity (Wildman–Crippen MR) is 48.8 cm³/mol. The molecule has 0 radical (unpaired) electrons. The molecular formula is C9H20N2. The van der Waals surface area contributed by atoms with Gasteiger partial charge in [-0.05, 0) is 25.4 Å². The smallest absolute Gasteiger partial charge is 0.0107 e. The Balaban J connectivity index is 1.99. The fraction of sp³-hybridized carbons (Fsp3) is 1.00. The highest BCUT2D eigenvalue weighted by molar-refractivity contribution is 4.72. The molecule has 2 nitrogen and oxygen atoms in total. The maximum Gasteiger partial charge on any atom is 0.0107 e. The first-order valence-electron chi connectivity index (χ1n) is 4.76. The molecule has 1 N–H and O–H groups in total. The molecule has 1 heterocycles. The summed E-state index contributed by atoms with van der Waals surface area (Å²) in [5.74, 6) is 0.927. The van der Waals surface area contributed by atoms with Gasteiger partial charge in [-0.2, -0.15) is 0 Å². The molecule has 1 aliphatic rings. The second-order valence-corrected chi connectivity index (χ2v) is 3.55. The zero-order chi connectivity index (χ0) is 8.10. The number of hydrogen-bond donors (Lipinski definition) is 1. The predicted octanol–water partition coefficient (Wildman–Crippen LogP) is 0.938. The summed E-state index contributed by atoms with van der Waals surface area (Å²) < 4.78 is 0. The Kier molecular flexibility index (Phi) is 3.87. The third-order valence-corrected chi connectivity index (χ3v) is 2.36. The van der Waals surface area contributed by atoms with E-state index in [9.17, 15) is 0 Å². The number of likely N-dealkylation sites (tertiary alicyclic amines) is 1. The SMILES string of the molecule is CCNCCN1CCC(C)C1. The fourth-order valence-corrected chi connectivity index (χ4v) is 1.64. The average Bonchev–Trinajstić information content (AvgIpc) is 2.37. The normalized spacial score (nSPS) is 26.2. The van der Waals surface area contributed by atoms with Crippen molar-refractivity contribution >= 4 is 0 Å². The van der Waals surface area contributed by atoms with Crippen LogP contribution in [0.2, 0.25) is 0 Å². The molecule has 1 aliphatic heterocycles. The molecule has 0 aliphatic carbocycles. The molecule has 0 spiro atoms. The zero-order valence-corrected chi connectivity index (χ0v) is 7.77. The highest BCUT2D eigenvalue weighted by Gasteiger charge is 2.17. The van der Waals surface area contributed by atoms with Crippen LogP contribution in [-0.2, 0) is 0 Å². The molecule has 0 saturated carbocycles. The molecule has 1 fully saturated rings.